The summed E-state index contributed by atoms with van der Waals surface area (Å²) in [5.74, 6) is 0.363. The number of likely N-dealkylation sites (tertiary alicyclic amines) is 1. The topological polar surface area (TPSA) is 3.24 Å². The predicted molar refractivity (Wildman–Crippen MR) is 118 cm³/mol. The van der Waals surface area contributed by atoms with Gasteiger partial charge in [-0.2, -0.15) is 0 Å². The minimum Gasteiger partial charge on any atom is -0.335 e. The fourth-order valence-electron chi connectivity index (χ4n) is 3.66. The van der Waals surface area contributed by atoms with E-state index in [1.165, 1.54) is 0 Å². The number of piperidine rings is 1. The fraction of sp³-hybridized carbons (Fsp3) is 0.154. The van der Waals surface area contributed by atoms with E-state index in [-0.39, 0.29) is 6.04 Å². The minimum absolute atomic E-state index is 0.262. The first kappa shape index (κ1) is 18.7. The van der Waals surface area contributed by atoms with Crippen LogP contribution in [0.25, 0.3) is 5.57 Å². The third-order valence-corrected chi connectivity index (χ3v) is 5.06. The van der Waals surface area contributed by atoms with Gasteiger partial charge in [-0.05, 0) is 42.2 Å². The van der Waals surface area contributed by atoms with E-state index in [2.05, 4.69) is 79.3 Å². The quantitative estimate of drug-likeness (QED) is 0.539. The van der Waals surface area contributed by atoms with Crippen LogP contribution < -0.4 is 0 Å². The van der Waals surface area contributed by atoms with Crippen molar-refractivity contribution >= 4 is 5.57 Å². The Morgan fingerprint density at radius 2 is 1.89 bits per heavy atom. The summed E-state index contributed by atoms with van der Waals surface area (Å²) in [7, 11) is 0. The van der Waals surface area contributed by atoms with Crippen molar-refractivity contribution in [1.82, 2.24) is 4.90 Å². The van der Waals surface area contributed by atoms with Gasteiger partial charge in [0.25, 0.3) is 0 Å². The molecule has 1 aliphatic carbocycles. The summed E-state index contributed by atoms with van der Waals surface area (Å²) in [6.45, 7) is 14.8. The number of hydrogen-bond acceptors (Lipinski definition) is 1. The monoisotopic (exact) mass is 353 g/mol. The molecule has 1 fully saturated rings. The van der Waals surface area contributed by atoms with Gasteiger partial charge in [-0.3, -0.25) is 0 Å². The van der Waals surface area contributed by atoms with Crippen LogP contribution in [0.15, 0.2) is 122 Å². The van der Waals surface area contributed by atoms with Crippen LogP contribution in [0.2, 0.25) is 0 Å². The second-order valence-corrected chi connectivity index (χ2v) is 6.81. The van der Waals surface area contributed by atoms with Crippen LogP contribution in [0, 0.1) is 5.92 Å². The van der Waals surface area contributed by atoms with Crippen LogP contribution >= 0.6 is 0 Å². The fourth-order valence-corrected chi connectivity index (χ4v) is 3.66. The lowest BCUT2D eigenvalue weighted by molar-refractivity contribution is 0.309. The van der Waals surface area contributed by atoms with Crippen LogP contribution in [-0.4, -0.2) is 10.9 Å². The summed E-state index contributed by atoms with van der Waals surface area (Å²) in [5, 5.41) is 0. The SMILES string of the molecule is C=C/C(=C\C(=C)N1/C(=C/C=C\C)C(=C)C2C=CC=CC1C2)c1ccccc1. The Kier molecular flexibility index (Phi) is 5.93. The maximum atomic E-state index is 4.40. The lowest BCUT2D eigenvalue weighted by atomic mass is 9.84. The van der Waals surface area contributed by atoms with Gasteiger partial charge in [0.05, 0.1) is 6.04 Å². The molecule has 0 amide bonds. The summed E-state index contributed by atoms with van der Waals surface area (Å²) in [5.41, 5.74) is 5.41. The van der Waals surface area contributed by atoms with Crippen LogP contribution in [0.5, 0.6) is 0 Å². The van der Waals surface area contributed by atoms with Gasteiger partial charge in [0.15, 0.2) is 0 Å². The second kappa shape index (κ2) is 8.55. The van der Waals surface area contributed by atoms with Gasteiger partial charge >= 0.3 is 0 Å². The minimum atomic E-state index is 0.262. The number of fused-ring (bicyclic) bond motifs is 2. The third kappa shape index (κ3) is 4.03. The van der Waals surface area contributed by atoms with E-state index in [1.54, 1.807) is 0 Å². The zero-order chi connectivity index (χ0) is 19.2. The number of nitrogens with zero attached hydrogens (tertiary/aromatic N) is 1. The van der Waals surface area contributed by atoms with E-state index >= 15 is 0 Å². The first-order chi connectivity index (χ1) is 13.2. The maximum absolute atomic E-state index is 4.40. The van der Waals surface area contributed by atoms with E-state index in [1.807, 2.05) is 37.3 Å². The second-order valence-electron chi connectivity index (χ2n) is 6.81. The molecule has 0 saturated carbocycles. The lowest BCUT2D eigenvalue weighted by Gasteiger charge is -2.42. The average molecular weight is 354 g/mol. The highest BCUT2D eigenvalue weighted by Crippen LogP contribution is 2.39. The molecule has 2 bridgehead atoms. The number of rotatable bonds is 5. The highest BCUT2D eigenvalue weighted by Gasteiger charge is 2.33. The maximum Gasteiger partial charge on any atom is 0.0534 e. The van der Waals surface area contributed by atoms with E-state index in [0.717, 1.165) is 34.5 Å². The normalized spacial score (nSPS) is 23.7. The average Bonchev–Trinajstić information content (AvgIpc) is 2.92. The van der Waals surface area contributed by atoms with Crippen molar-refractivity contribution in [2.75, 3.05) is 0 Å². The molecule has 0 spiro atoms. The Morgan fingerprint density at radius 1 is 1.15 bits per heavy atom. The molecule has 2 unspecified atom stereocenters. The molecule has 3 rings (SSSR count). The smallest absolute Gasteiger partial charge is 0.0534 e. The third-order valence-electron chi connectivity index (χ3n) is 5.06. The number of allylic oxidation sites excluding steroid dienone is 10. The van der Waals surface area contributed by atoms with Gasteiger partial charge < -0.3 is 4.90 Å². The molecule has 2 aliphatic rings. The van der Waals surface area contributed by atoms with E-state index < -0.39 is 0 Å². The van der Waals surface area contributed by atoms with Crippen LogP contribution in [-0.2, 0) is 0 Å². The molecule has 1 saturated heterocycles. The van der Waals surface area contributed by atoms with Crippen molar-refractivity contribution in [1.29, 1.82) is 0 Å². The Labute approximate surface area is 163 Å². The Morgan fingerprint density at radius 3 is 2.59 bits per heavy atom. The molecule has 1 aromatic carbocycles. The lowest BCUT2D eigenvalue weighted by Crippen LogP contribution is -2.39. The molecular formula is C26H27N. The first-order valence-corrected chi connectivity index (χ1v) is 9.40. The van der Waals surface area contributed by atoms with Gasteiger partial charge in [0, 0.05) is 17.3 Å². The van der Waals surface area contributed by atoms with Gasteiger partial charge in [-0.15, -0.1) is 0 Å². The highest BCUT2D eigenvalue weighted by atomic mass is 15.2. The Bertz CT molecular complexity index is 874. The standard InChI is InChI=1S/C26H27N/c1-5-7-17-26-21(4)24-15-11-12-16-25(19-24)27(26)20(3)18-22(6-2)23-13-9-8-10-14-23/h5-18,24-25H,2-4,19H2,1H3/b7-5-,22-18+,26-17+. The molecule has 1 nitrogen and oxygen atoms in total. The molecule has 0 radical (unpaired) electrons. The van der Waals surface area contributed by atoms with Crippen molar-refractivity contribution in [3.8, 4) is 0 Å². The molecule has 0 aromatic heterocycles. The number of hydrogen-bond donors (Lipinski definition) is 0. The Hall–Kier alpha value is -3.06. The summed E-state index contributed by atoms with van der Waals surface area (Å²) < 4.78 is 0. The molecule has 2 atom stereocenters. The van der Waals surface area contributed by atoms with Gasteiger partial charge in [-0.1, -0.05) is 92.6 Å². The summed E-state index contributed by atoms with van der Waals surface area (Å²) >= 11 is 0. The van der Waals surface area contributed by atoms with Crippen LogP contribution in [0.3, 0.4) is 0 Å². The molecule has 0 N–H and O–H groups in total. The first-order valence-electron chi connectivity index (χ1n) is 9.40. The van der Waals surface area contributed by atoms with Crippen molar-refractivity contribution in [2.24, 2.45) is 5.92 Å². The molecule has 1 aliphatic heterocycles. The summed E-state index contributed by atoms with van der Waals surface area (Å²) in [4.78, 5) is 2.30. The van der Waals surface area contributed by atoms with E-state index in [0.29, 0.717) is 5.92 Å². The van der Waals surface area contributed by atoms with Gasteiger partial charge in [0.1, 0.15) is 0 Å². The zero-order valence-corrected chi connectivity index (χ0v) is 16.0. The van der Waals surface area contributed by atoms with Crippen molar-refractivity contribution in [2.45, 2.75) is 19.4 Å². The molecule has 27 heavy (non-hydrogen) atoms. The van der Waals surface area contributed by atoms with E-state index in [9.17, 15) is 0 Å². The largest absolute Gasteiger partial charge is 0.335 e. The van der Waals surface area contributed by atoms with Crippen molar-refractivity contribution in [3.63, 3.8) is 0 Å². The van der Waals surface area contributed by atoms with E-state index in [4.69, 9.17) is 0 Å². The Balaban J connectivity index is 2.02. The molecule has 136 valence electrons. The van der Waals surface area contributed by atoms with Gasteiger partial charge in [-0.25, -0.2) is 0 Å². The van der Waals surface area contributed by atoms with Crippen LogP contribution in [0.1, 0.15) is 18.9 Å². The molecular weight excluding hydrogens is 326 g/mol. The van der Waals surface area contributed by atoms with Crippen LogP contribution in [0.4, 0.5) is 0 Å². The number of benzene rings is 1. The van der Waals surface area contributed by atoms with Crippen molar-refractivity contribution in [3.05, 3.63) is 127 Å². The highest BCUT2D eigenvalue weighted by molar-refractivity contribution is 5.75. The zero-order valence-electron chi connectivity index (χ0n) is 16.0. The molecule has 1 heteroatoms. The molecule has 1 aromatic rings. The predicted octanol–water partition coefficient (Wildman–Crippen LogP) is 6.60. The summed E-state index contributed by atoms with van der Waals surface area (Å²) in [6, 6.07) is 10.6. The van der Waals surface area contributed by atoms with Crippen molar-refractivity contribution < 1.29 is 0 Å². The summed E-state index contributed by atoms with van der Waals surface area (Å²) in [6.07, 6.45) is 20.0. The van der Waals surface area contributed by atoms with Gasteiger partial charge in [0.2, 0.25) is 0 Å². The molecule has 1 heterocycles.